The van der Waals surface area contributed by atoms with E-state index < -0.39 is 12.4 Å². The van der Waals surface area contributed by atoms with Gasteiger partial charge >= 0.3 is 0 Å². The van der Waals surface area contributed by atoms with Crippen molar-refractivity contribution in [3.05, 3.63) is 25.5 Å². The molecule has 13 heavy (non-hydrogen) atoms. The van der Waals surface area contributed by atoms with Crippen LogP contribution in [0, 0.1) is 3.57 Å². The molecule has 1 heterocycles. The van der Waals surface area contributed by atoms with Crippen molar-refractivity contribution >= 4 is 51.6 Å². The molecule has 0 atom stereocenters. The van der Waals surface area contributed by atoms with Gasteiger partial charge in [0, 0.05) is 3.57 Å². The maximum atomic E-state index is 11.1. The lowest BCUT2D eigenvalue weighted by Gasteiger charge is -2.03. The van der Waals surface area contributed by atoms with Crippen molar-refractivity contribution in [3.8, 4) is 0 Å². The largest absolute Gasteiger partial charge is 0.388 e. The van der Waals surface area contributed by atoms with E-state index in [1.165, 1.54) is 6.07 Å². The zero-order chi connectivity index (χ0) is 10.0. The molecule has 0 aromatic carbocycles. The summed E-state index contributed by atoms with van der Waals surface area (Å²) in [5.74, 6) is -0.460. The lowest BCUT2D eigenvalue weighted by molar-refractivity contribution is 0.0902. The van der Waals surface area contributed by atoms with Crippen LogP contribution in [0.1, 0.15) is 10.4 Å². The highest BCUT2D eigenvalue weighted by molar-refractivity contribution is 14.1. The molecule has 3 nitrogen and oxygen atoms in total. The molecule has 0 radical (unpaired) electrons. The van der Waals surface area contributed by atoms with E-state index in [1.54, 1.807) is 0 Å². The van der Waals surface area contributed by atoms with Crippen molar-refractivity contribution in [1.29, 1.82) is 0 Å². The maximum Gasteiger partial charge on any atom is 0.192 e. The minimum absolute atomic E-state index is 0.0240. The number of rotatable bonds is 2. The van der Waals surface area contributed by atoms with Crippen LogP contribution < -0.4 is 0 Å². The van der Waals surface area contributed by atoms with Crippen molar-refractivity contribution < 1.29 is 9.90 Å². The number of nitrogens with zero attached hydrogens (tertiary/aromatic N) is 1. The summed E-state index contributed by atoms with van der Waals surface area (Å²) in [6, 6.07) is 1.51. The minimum Gasteiger partial charge on any atom is -0.388 e. The van der Waals surface area contributed by atoms with Crippen molar-refractivity contribution in [2.24, 2.45) is 0 Å². The first kappa shape index (κ1) is 11.2. The fraction of sp³-hybridized carbons (Fsp3) is 0.143. The molecule has 0 aliphatic heterocycles. The Morgan fingerprint density at radius 2 is 2.23 bits per heavy atom. The van der Waals surface area contributed by atoms with Gasteiger partial charge in [0.05, 0.1) is 5.56 Å². The number of Topliss-reactive ketones (excluding diaryl/α,β-unsaturated/α-hetero) is 1. The van der Waals surface area contributed by atoms with Gasteiger partial charge < -0.3 is 5.11 Å². The minimum atomic E-state index is -0.584. The summed E-state index contributed by atoms with van der Waals surface area (Å²) >= 11 is 13.2. The standard InChI is InChI=1S/C7H4Cl2INO2/c8-5-1-3(10)6(4(13)2-12)7(9)11-5/h1,12H,2H2. The maximum absolute atomic E-state index is 11.1. The first-order valence-electron chi connectivity index (χ1n) is 3.22. The van der Waals surface area contributed by atoms with Crippen molar-refractivity contribution in [2.45, 2.75) is 0 Å². The normalized spacial score (nSPS) is 10.2. The summed E-state index contributed by atoms with van der Waals surface area (Å²) < 4.78 is 0.585. The lowest BCUT2D eigenvalue weighted by atomic mass is 10.2. The molecular weight excluding hydrogens is 328 g/mol. The van der Waals surface area contributed by atoms with Crippen molar-refractivity contribution in [2.75, 3.05) is 6.61 Å². The molecule has 70 valence electrons. The van der Waals surface area contributed by atoms with Gasteiger partial charge in [0.2, 0.25) is 0 Å². The number of aliphatic hydroxyl groups excluding tert-OH is 1. The molecule has 1 rings (SSSR count). The Balaban J connectivity index is 3.28. The van der Waals surface area contributed by atoms with Crippen LogP contribution in [0.15, 0.2) is 6.07 Å². The van der Waals surface area contributed by atoms with Gasteiger partial charge in [-0.1, -0.05) is 23.2 Å². The number of aromatic nitrogens is 1. The van der Waals surface area contributed by atoms with E-state index >= 15 is 0 Å². The summed E-state index contributed by atoms with van der Waals surface area (Å²) in [7, 11) is 0. The predicted octanol–water partition coefficient (Wildman–Crippen LogP) is 2.17. The Labute approximate surface area is 98.2 Å². The quantitative estimate of drug-likeness (QED) is 0.513. The number of carbonyl (C=O) groups is 1. The highest BCUT2D eigenvalue weighted by Gasteiger charge is 2.15. The number of halogens is 3. The Morgan fingerprint density at radius 1 is 1.62 bits per heavy atom. The van der Waals surface area contributed by atoms with E-state index in [1.807, 2.05) is 22.6 Å². The second-order valence-electron chi connectivity index (χ2n) is 2.17. The molecule has 1 aromatic heterocycles. The molecule has 1 N–H and O–H groups in total. The van der Waals surface area contributed by atoms with Gasteiger partial charge in [0.25, 0.3) is 0 Å². The summed E-state index contributed by atoms with van der Waals surface area (Å²) in [4.78, 5) is 14.8. The average Bonchev–Trinajstić information content (AvgIpc) is 2.02. The first-order chi connectivity index (χ1) is 6.06. The van der Waals surface area contributed by atoms with E-state index in [9.17, 15) is 4.79 Å². The van der Waals surface area contributed by atoms with Gasteiger partial charge in [0.1, 0.15) is 16.9 Å². The molecule has 0 aliphatic carbocycles. The molecule has 0 saturated heterocycles. The lowest BCUT2D eigenvalue weighted by Crippen LogP contribution is -2.08. The molecule has 6 heteroatoms. The monoisotopic (exact) mass is 331 g/mol. The van der Waals surface area contributed by atoms with E-state index in [0.29, 0.717) is 3.57 Å². The van der Waals surface area contributed by atoms with E-state index in [2.05, 4.69) is 4.98 Å². The third-order valence-electron chi connectivity index (χ3n) is 1.32. The third kappa shape index (κ3) is 2.52. The highest BCUT2D eigenvalue weighted by atomic mass is 127. The molecule has 0 spiro atoms. The summed E-state index contributed by atoms with van der Waals surface area (Å²) in [5.41, 5.74) is 0.217. The second-order valence-corrected chi connectivity index (χ2v) is 4.08. The average molecular weight is 332 g/mol. The number of ketones is 1. The van der Waals surface area contributed by atoms with E-state index in [0.717, 1.165) is 0 Å². The Bertz CT molecular complexity index is 333. The number of hydrogen-bond donors (Lipinski definition) is 1. The van der Waals surface area contributed by atoms with Crippen molar-refractivity contribution in [3.63, 3.8) is 0 Å². The molecule has 0 bridgehead atoms. The fourth-order valence-corrected chi connectivity index (χ4v) is 2.51. The van der Waals surface area contributed by atoms with Crippen LogP contribution in [0.5, 0.6) is 0 Å². The molecule has 0 fully saturated rings. The van der Waals surface area contributed by atoms with Crippen molar-refractivity contribution in [1.82, 2.24) is 4.98 Å². The smallest absolute Gasteiger partial charge is 0.192 e. The van der Waals surface area contributed by atoms with E-state index in [4.69, 9.17) is 28.3 Å². The predicted molar refractivity (Wildman–Crippen MR) is 58.4 cm³/mol. The number of carbonyl (C=O) groups excluding carboxylic acids is 1. The van der Waals surface area contributed by atoms with Crippen LogP contribution in [-0.2, 0) is 0 Å². The highest BCUT2D eigenvalue weighted by Crippen LogP contribution is 2.23. The molecule has 0 amide bonds. The van der Waals surface area contributed by atoms with Crippen LogP contribution in [0.4, 0.5) is 0 Å². The van der Waals surface area contributed by atoms with Gasteiger partial charge in [-0.05, 0) is 28.7 Å². The zero-order valence-corrected chi connectivity index (χ0v) is 9.89. The fourth-order valence-electron chi connectivity index (χ4n) is 0.785. The molecule has 0 aliphatic rings. The Morgan fingerprint density at radius 3 is 2.69 bits per heavy atom. The van der Waals surface area contributed by atoms with Crippen LogP contribution in [-0.4, -0.2) is 22.5 Å². The Kier molecular flexibility index (Phi) is 3.90. The van der Waals surface area contributed by atoms with Crippen LogP contribution in [0.2, 0.25) is 10.3 Å². The SMILES string of the molecule is O=C(CO)c1c(I)cc(Cl)nc1Cl. The Hall–Kier alpha value is 0.0900. The summed E-state index contributed by atoms with van der Waals surface area (Å²) in [5, 5.41) is 8.88. The summed E-state index contributed by atoms with van der Waals surface area (Å²) in [6.07, 6.45) is 0. The second kappa shape index (κ2) is 4.54. The van der Waals surface area contributed by atoms with Gasteiger partial charge in [-0.3, -0.25) is 4.79 Å². The summed E-state index contributed by atoms with van der Waals surface area (Å²) in [6.45, 7) is -0.584. The molecule has 0 unspecified atom stereocenters. The van der Waals surface area contributed by atoms with Gasteiger partial charge in [-0.25, -0.2) is 4.98 Å². The molecular formula is C7H4Cl2INO2. The number of pyridine rings is 1. The van der Waals surface area contributed by atoms with E-state index in [-0.39, 0.29) is 15.9 Å². The molecule has 1 aromatic rings. The van der Waals surface area contributed by atoms with Gasteiger partial charge in [-0.2, -0.15) is 0 Å². The van der Waals surface area contributed by atoms with Gasteiger partial charge in [0.15, 0.2) is 5.78 Å². The van der Waals surface area contributed by atoms with Crippen LogP contribution >= 0.6 is 45.8 Å². The molecule has 0 saturated carbocycles. The van der Waals surface area contributed by atoms with Gasteiger partial charge in [-0.15, -0.1) is 0 Å². The van der Waals surface area contributed by atoms with Crippen LogP contribution in [0.3, 0.4) is 0 Å². The number of hydrogen-bond acceptors (Lipinski definition) is 3. The zero-order valence-electron chi connectivity index (χ0n) is 6.22. The first-order valence-corrected chi connectivity index (χ1v) is 5.05. The third-order valence-corrected chi connectivity index (χ3v) is 2.64. The number of aliphatic hydroxyl groups is 1. The van der Waals surface area contributed by atoms with Crippen LogP contribution in [0.25, 0.3) is 0 Å². The topological polar surface area (TPSA) is 50.2 Å².